The SMILES string of the molecule is COCCOCCOC1CC2(CCC1N)OCCO2. The van der Waals surface area contributed by atoms with E-state index in [0.29, 0.717) is 46.1 Å². The van der Waals surface area contributed by atoms with Crippen LogP contribution in [0.2, 0.25) is 0 Å². The lowest BCUT2D eigenvalue weighted by Gasteiger charge is -2.39. The first-order valence-electron chi connectivity index (χ1n) is 6.97. The second kappa shape index (κ2) is 7.52. The molecule has 2 rings (SSSR count). The van der Waals surface area contributed by atoms with Gasteiger partial charge >= 0.3 is 0 Å². The molecule has 2 fully saturated rings. The predicted octanol–water partition coefficient (Wildman–Crippen LogP) is 0.289. The van der Waals surface area contributed by atoms with Crippen LogP contribution in [0.5, 0.6) is 0 Å². The average molecular weight is 275 g/mol. The summed E-state index contributed by atoms with van der Waals surface area (Å²) in [4.78, 5) is 0. The molecule has 1 aliphatic carbocycles. The molecule has 1 heterocycles. The molecule has 1 saturated heterocycles. The van der Waals surface area contributed by atoms with E-state index >= 15 is 0 Å². The molecule has 0 aromatic heterocycles. The van der Waals surface area contributed by atoms with Crippen molar-refractivity contribution in [2.24, 2.45) is 5.73 Å². The van der Waals surface area contributed by atoms with Gasteiger partial charge in [-0.3, -0.25) is 0 Å². The van der Waals surface area contributed by atoms with Crippen LogP contribution >= 0.6 is 0 Å². The normalized spacial score (nSPS) is 30.0. The maximum absolute atomic E-state index is 6.10. The number of methoxy groups -OCH3 is 1. The van der Waals surface area contributed by atoms with E-state index in [2.05, 4.69) is 0 Å². The molecule has 0 radical (unpaired) electrons. The van der Waals surface area contributed by atoms with Gasteiger partial charge in [0.25, 0.3) is 0 Å². The first-order chi connectivity index (χ1) is 9.26. The Bertz CT molecular complexity index is 257. The average Bonchev–Trinajstić information content (AvgIpc) is 2.86. The highest BCUT2D eigenvalue weighted by atomic mass is 16.7. The molecule has 0 aromatic rings. The Balaban J connectivity index is 1.66. The smallest absolute Gasteiger partial charge is 0.171 e. The lowest BCUT2D eigenvalue weighted by Crippen LogP contribution is -2.50. The largest absolute Gasteiger partial charge is 0.382 e. The van der Waals surface area contributed by atoms with E-state index in [1.54, 1.807) is 7.11 Å². The minimum Gasteiger partial charge on any atom is -0.382 e. The van der Waals surface area contributed by atoms with E-state index in [0.717, 1.165) is 12.8 Å². The summed E-state index contributed by atoms with van der Waals surface area (Å²) in [6.45, 7) is 3.63. The summed E-state index contributed by atoms with van der Waals surface area (Å²) in [5.74, 6) is -0.447. The van der Waals surface area contributed by atoms with Crippen molar-refractivity contribution in [2.45, 2.75) is 37.2 Å². The van der Waals surface area contributed by atoms with Crippen LogP contribution in [0, 0.1) is 0 Å². The lowest BCUT2D eigenvalue weighted by molar-refractivity contribution is -0.206. The fourth-order valence-electron chi connectivity index (χ4n) is 2.58. The van der Waals surface area contributed by atoms with Gasteiger partial charge in [-0.05, 0) is 6.42 Å². The van der Waals surface area contributed by atoms with Crippen LogP contribution in [0.1, 0.15) is 19.3 Å². The van der Waals surface area contributed by atoms with Crippen molar-refractivity contribution in [1.82, 2.24) is 0 Å². The molecule has 2 atom stereocenters. The van der Waals surface area contributed by atoms with Crippen LogP contribution in [-0.2, 0) is 23.7 Å². The van der Waals surface area contributed by atoms with Crippen molar-refractivity contribution < 1.29 is 23.7 Å². The van der Waals surface area contributed by atoms with Crippen LogP contribution < -0.4 is 5.73 Å². The van der Waals surface area contributed by atoms with Gasteiger partial charge in [-0.2, -0.15) is 0 Å². The zero-order valence-corrected chi connectivity index (χ0v) is 11.6. The van der Waals surface area contributed by atoms with E-state index in [-0.39, 0.29) is 12.1 Å². The quantitative estimate of drug-likeness (QED) is 0.673. The first-order valence-corrected chi connectivity index (χ1v) is 6.97. The Kier molecular flexibility index (Phi) is 6.00. The summed E-state index contributed by atoms with van der Waals surface area (Å²) in [6, 6.07) is 0.0531. The van der Waals surface area contributed by atoms with Crippen LogP contribution in [0.15, 0.2) is 0 Å². The molecule has 1 aliphatic heterocycles. The maximum atomic E-state index is 6.10. The topological polar surface area (TPSA) is 72.2 Å². The number of ether oxygens (including phenoxy) is 5. The van der Waals surface area contributed by atoms with Gasteiger partial charge in [0, 0.05) is 26.0 Å². The fraction of sp³-hybridized carbons (Fsp3) is 1.00. The van der Waals surface area contributed by atoms with Crippen molar-refractivity contribution >= 4 is 0 Å². The van der Waals surface area contributed by atoms with Crippen LogP contribution in [0.4, 0.5) is 0 Å². The summed E-state index contributed by atoms with van der Waals surface area (Å²) in [6.07, 6.45) is 2.43. The summed E-state index contributed by atoms with van der Waals surface area (Å²) in [7, 11) is 1.65. The van der Waals surface area contributed by atoms with E-state index in [4.69, 9.17) is 29.4 Å². The summed E-state index contributed by atoms with van der Waals surface area (Å²) in [5.41, 5.74) is 6.10. The van der Waals surface area contributed by atoms with Crippen molar-refractivity contribution in [1.29, 1.82) is 0 Å². The van der Waals surface area contributed by atoms with Gasteiger partial charge in [-0.1, -0.05) is 0 Å². The van der Waals surface area contributed by atoms with Crippen LogP contribution in [-0.4, -0.2) is 64.7 Å². The van der Waals surface area contributed by atoms with E-state index < -0.39 is 5.79 Å². The van der Waals surface area contributed by atoms with E-state index in [1.165, 1.54) is 0 Å². The number of nitrogens with two attached hydrogens (primary N) is 1. The zero-order chi connectivity index (χ0) is 13.6. The number of rotatable bonds is 7. The van der Waals surface area contributed by atoms with E-state index in [1.807, 2.05) is 0 Å². The molecular weight excluding hydrogens is 250 g/mol. The minimum absolute atomic E-state index is 0.0159. The molecule has 0 amide bonds. The fourth-order valence-corrected chi connectivity index (χ4v) is 2.58. The third-order valence-electron chi connectivity index (χ3n) is 3.65. The highest BCUT2D eigenvalue weighted by Crippen LogP contribution is 2.36. The van der Waals surface area contributed by atoms with Crippen molar-refractivity contribution in [3.63, 3.8) is 0 Å². The Morgan fingerprint density at radius 3 is 2.63 bits per heavy atom. The zero-order valence-electron chi connectivity index (χ0n) is 11.6. The van der Waals surface area contributed by atoms with Crippen molar-refractivity contribution in [3.05, 3.63) is 0 Å². The second-order valence-corrected chi connectivity index (χ2v) is 5.03. The second-order valence-electron chi connectivity index (χ2n) is 5.03. The van der Waals surface area contributed by atoms with Gasteiger partial charge in [0.1, 0.15) is 0 Å². The molecule has 19 heavy (non-hydrogen) atoms. The summed E-state index contributed by atoms with van der Waals surface area (Å²) in [5, 5.41) is 0. The predicted molar refractivity (Wildman–Crippen MR) is 68.9 cm³/mol. The van der Waals surface area contributed by atoms with Crippen LogP contribution in [0.25, 0.3) is 0 Å². The van der Waals surface area contributed by atoms with Gasteiger partial charge in [0.2, 0.25) is 0 Å². The third-order valence-corrected chi connectivity index (χ3v) is 3.65. The highest BCUT2D eigenvalue weighted by Gasteiger charge is 2.44. The Morgan fingerprint density at radius 1 is 1.16 bits per heavy atom. The third kappa shape index (κ3) is 4.37. The standard InChI is InChI=1S/C13H25NO5/c1-15-4-5-16-6-7-17-12-10-13(3-2-11(12)14)18-8-9-19-13/h11-12H,2-10,14H2,1H3. The first kappa shape index (κ1) is 15.2. The van der Waals surface area contributed by atoms with Crippen LogP contribution in [0.3, 0.4) is 0 Å². The molecule has 2 N–H and O–H groups in total. The van der Waals surface area contributed by atoms with Gasteiger partial charge in [-0.15, -0.1) is 0 Å². The Labute approximate surface area is 114 Å². The van der Waals surface area contributed by atoms with E-state index in [9.17, 15) is 0 Å². The van der Waals surface area contributed by atoms with Gasteiger partial charge < -0.3 is 29.4 Å². The molecule has 1 saturated carbocycles. The maximum Gasteiger partial charge on any atom is 0.171 e. The molecule has 0 aromatic carbocycles. The van der Waals surface area contributed by atoms with Gasteiger partial charge in [-0.25, -0.2) is 0 Å². The van der Waals surface area contributed by atoms with Gasteiger partial charge in [0.15, 0.2) is 5.79 Å². The van der Waals surface area contributed by atoms with Gasteiger partial charge in [0.05, 0.1) is 45.7 Å². The summed E-state index contributed by atoms with van der Waals surface area (Å²) < 4.78 is 27.5. The monoisotopic (exact) mass is 275 g/mol. The molecule has 2 unspecified atom stereocenters. The minimum atomic E-state index is -0.447. The number of hydrogen-bond acceptors (Lipinski definition) is 6. The lowest BCUT2D eigenvalue weighted by atomic mass is 9.88. The number of hydrogen-bond donors (Lipinski definition) is 1. The molecule has 0 bridgehead atoms. The Hall–Kier alpha value is -0.240. The Morgan fingerprint density at radius 2 is 1.89 bits per heavy atom. The molecular formula is C13H25NO5. The molecule has 112 valence electrons. The molecule has 2 aliphatic rings. The van der Waals surface area contributed by atoms with Crippen molar-refractivity contribution in [2.75, 3.05) is 46.8 Å². The summed E-state index contributed by atoms with van der Waals surface area (Å²) >= 11 is 0. The highest BCUT2D eigenvalue weighted by molar-refractivity contribution is 4.90. The molecule has 6 heteroatoms. The molecule has 6 nitrogen and oxygen atoms in total. The molecule has 1 spiro atoms. The van der Waals surface area contributed by atoms with Crippen molar-refractivity contribution in [3.8, 4) is 0 Å².